The van der Waals surface area contributed by atoms with Gasteiger partial charge in [0.2, 0.25) is 5.78 Å². The van der Waals surface area contributed by atoms with Gasteiger partial charge in [0.1, 0.15) is 5.60 Å². The van der Waals surface area contributed by atoms with E-state index in [-0.39, 0.29) is 23.5 Å². The third kappa shape index (κ3) is 6.21. The molecule has 230 valence electrons. The maximum Gasteiger partial charge on any atom is 0.331 e. The van der Waals surface area contributed by atoms with E-state index in [1.165, 1.54) is 17.2 Å². The number of ether oxygens (including phenoxy) is 1. The van der Waals surface area contributed by atoms with Crippen molar-refractivity contribution in [2.45, 2.75) is 111 Å². The number of Topliss-reactive ketones (excluding diaryl/α,β-unsaturated/α-hetero) is 1. The summed E-state index contributed by atoms with van der Waals surface area (Å²) in [5.74, 6) is -0.957. The molecule has 0 aliphatic heterocycles. The van der Waals surface area contributed by atoms with Crippen LogP contribution >= 0.6 is 0 Å². The summed E-state index contributed by atoms with van der Waals surface area (Å²) in [5.41, 5.74) is 1.73. The third-order valence-electron chi connectivity index (χ3n) is 10.9. The summed E-state index contributed by atoms with van der Waals surface area (Å²) in [4.78, 5) is 38.1. The molecular formula is C36H50O6. The van der Waals surface area contributed by atoms with Gasteiger partial charge in [-0.3, -0.25) is 9.59 Å². The van der Waals surface area contributed by atoms with Gasteiger partial charge in [-0.25, -0.2) is 4.79 Å². The Labute approximate surface area is 251 Å². The van der Waals surface area contributed by atoms with Gasteiger partial charge in [0.15, 0.2) is 12.4 Å². The Morgan fingerprint density at radius 1 is 1.05 bits per heavy atom. The summed E-state index contributed by atoms with van der Waals surface area (Å²) in [6.07, 6.45) is 16.9. The number of esters is 1. The van der Waals surface area contributed by atoms with Crippen molar-refractivity contribution in [1.82, 2.24) is 0 Å². The molecule has 2 N–H and O–H groups in total. The average molecular weight is 579 g/mol. The Kier molecular flexibility index (Phi) is 9.69. The lowest BCUT2D eigenvalue weighted by molar-refractivity contribution is -0.180. The lowest BCUT2D eigenvalue weighted by Crippen LogP contribution is -2.61. The van der Waals surface area contributed by atoms with Crippen molar-refractivity contribution in [3.63, 3.8) is 0 Å². The molecule has 3 fully saturated rings. The van der Waals surface area contributed by atoms with Crippen molar-refractivity contribution in [2.75, 3.05) is 6.61 Å². The third-order valence-corrected chi connectivity index (χ3v) is 10.9. The Balaban J connectivity index is 1.36. The zero-order chi connectivity index (χ0) is 30.9. The van der Waals surface area contributed by atoms with Gasteiger partial charge in [0.25, 0.3) is 0 Å². The number of hydrogen-bond donors (Lipinski definition) is 2. The van der Waals surface area contributed by atoms with Gasteiger partial charge in [-0.05, 0) is 109 Å². The molecule has 42 heavy (non-hydrogen) atoms. The second kappa shape index (κ2) is 12.6. The summed E-state index contributed by atoms with van der Waals surface area (Å²) in [7, 11) is 0. The molecular weight excluding hydrogens is 528 g/mol. The number of carbonyl (C=O) groups is 3. The first-order valence-electron chi connectivity index (χ1n) is 15.7. The van der Waals surface area contributed by atoms with E-state index >= 15 is 0 Å². The topological polar surface area (TPSA) is 101 Å². The first-order chi connectivity index (χ1) is 19.7. The molecule has 0 aromatic heterocycles. The standard InChI is InChI=1S/C36H50O6/c1-23(2)9-7-10-24(3)11-8-12-25(4)19-32(40)42-22-31(39)36(41)18-16-29-28-14-13-26-20-27(37)15-17-34(26,5)33(28)30(38)21-35(29,36)6/h9,11,15,17,19-20,28-30,33,38,41H,7-8,10,12-14,16,18,21-22H2,1-6H3/t28?,29?,30?,33?,34-,35-,36-/m0/s1. The highest BCUT2D eigenvalue weighted by Crippen LogP contribution is 2.67. The Bertz CT molecular complexity index is 1250. The van der Waals surface area contributed by atoms with E-state index in [9.17, 15) is 24.6 Å². The lowest BCUT2D eigenvalue weighted by Gasteiger charge is -2.59. The molecule has 7 atom stereocenters. The van der Waals surface area contributed by atoms with Crippen LogP contribution in [0.15, 0.2) is 58.7 Å². The maximum atomic E-state index is 13.5. The van der Waals surface area contributed by atoms with Crippen LogP contribution in [0.2, 0.25) is 0 Å². The fourth-order valence-electron chi connectivity index (χ4n) is 8.60. The molecule has 0 aromatic carbocycles. The number of allylic oxidation sites excluding steroid dienone is 9. The van der Waals surface area contributed by atoms with Gasteiger partial charge in [-0.1, -0.05) is 54.4 Å². The van der Waals surface area contributed by atoms with Crippen LogP contribution in [-0.4, -0.2) is 46.1 Å². The summed E-state index contributed by atoms with van der Waals surface area (Å²) in [6.45, 7) is 11.8. The minimum atomic E-state index is -1.66. The molecule has 0 heterocycles. The molecule has 0 bridgehead atoms. The van der Waals surface area contributed by atoms with E-state index in [1.807, 2.05) is 19.9 Å². The monoisotopic (exact) mass is 578 g/mol. The van der Waals surface area contributed by atoms with E-state index in [1.54, 1.807) is 12.2 Å². The predicted molar refractivity (Wildman–Crippen MR) is 164 cm³/mol. The van der Waals surface area contributed by atoms with Crippen molar-refractivity contribution in [2.24, 2.45) is 28.6 Å². The van der Waals surface area contributed by atoms with Crippen LogP contribution in [0.4, 0.5) is 0 Å². The maximum absolute atomic E-state index is 13.5. The van der Waals surface area contributed by atoms with E-state index in [4.69, 9.17) is 4.74 Å². The lowest BCUT2D eigenvalue weighted by atomic mass is 9.46. The first kappa shape index (κ1) is 32.3. The predicted octanol–water partition coefficient (Wildman–Crippen LogP) is 6.53. The molecule has 0 saturated heterocycles. The van der Waals surface area contributed by atoms with Crippen LogP contribution in [0.3, 0.4) is 0 Å². The number of ketones is 2. The Hall–Kier alpha value is -2.57. The Morgan fingerprint density at radius 2 is 1.74 bits per heavy atom. The molecule has 4 rings (SSSR count). The second-order valence-electron chi connectivity index (χ2n) is 14.0. The van der Waals surface area contributed by atoms with Crippen molar-refractivity contribution < 1.29 is 29.3 Å². The zero-order valence-corrected chi connectivity index (χ0v) is 26.4. The molecule has 0 amide bonds. The minimum Gasteiger partial charge on any atom is -0.454 e. The van der Waals surface area contributed by atoms with Crippen LogP contribution in [0.1, 0.15) is 99.3 Å². The van der Waals surface area contributed by atoms with E-state index < -0.39 is 40.9 Å². The van der Waals surface area contributed by atoms with E-state index in [0.717, 1.165) is 49.7 Å². The van der Waals surface area contributed by atoms with Gasteiger partial charge in [-0.2, -0.15) is 0 Å². The molecule has 3 saturated carbocycles. The average Bonchev–Trinajstić information content (AvgIpc) is 3.18. The molecule has 6 heteroatoms. The van der Waals surface area contributed by atoms with Crippen molar-refractivity contribution in [3.8, 4) is 0 Å². The SMILES string of the molecule is CC(C)=CCCC(C)=CCCC(C)=CC(=O)OCC(=O)[C@@]1(O)CCC2C3CCC4=CC(=O)C=C[C@]4(C)C3C(O)C[C@@]21C. The minimum absolute atomic E-state index is 0.00542. The second-order valence-corrected chi connectivity index (χ2v) is 14.0. The summed E-state index contributed by atoms with van der Waals surface area (Å²) in [6, 6.07) is 0. The quantitative estimate of drug-likeness (QED) is 0.174. The fourth-order valence-corrected chi connectivity index (χ4v) is 8.60. The van der Waals surface area contributed by atoms with Crippen LogP contribution in [0, 0.1) is 28.6 Å². The zero-order valence-electron chi connectivity index (χ0n) is 26.4. The summed E-state index contributed by atoms with van der Waals surface area (Å²) < 4.78 is 5.35. The van der Waals surface area contributed by atoms with Crippen LogP contribution in [0.25, 0.3) is 0 Å². The number of hydrogen-bond acceptors (Lipinski definition) is 6. The highest BCUT2D eigenvalue weighted by Gasteiger charge is 2.68. The molecule has 0 radical (unpaired) electrons. The molecule has 0 spiro atoms. The molecule has 6 nitrogen and oxygen atoms in total. The number of aliphatic hydroxyl groups is 2. The van der Waals surface area contributed by atoms with Gasteiger partial charge in [-0.15, -0.1) is 0 Å². The van der Waals surface area contributed by atoms with Crippen molar-refractivity contribution >= 4 is 17.5 Å². The fraction of sp³-hybridized carbons (Fsp3) is 0.639. The van der Waals surface area contributed by atoms with Gasteiger partial charge in [0.05, 0.1) is 6.10 Å². The first-order valence-corrected chi connectivity index (χ1v) is 15.7. The highest BCUT2D eigenvalue weighted by atomic mass is 16.5. The normalized spacial score (nSPS) is 36.0. The van der Waals surface area contributed by atoms with Gasteiger partial charge >= 0.3 is 5.97 Å². The van der Waals surface area contributed by atoms with Gasteiger partial charge in [0, 0.05) is 22.8 Å². The van der Waals surface area contributed by atoms with E-state index in [0.29, 0.717) is 19.3 Å². The van der Waals surface area contributed by atoms with Crippen molar-refractivity contribution in [3.05, 3.63) is 58.7 Å². The molecule has 4 aliphatic carbocycles. The number of aliphatic hydroxyl groups excluding tert-OH is 1. The molecule has 0 aromatic rings. The Morgan fingerprint density at radius 3 is 2.45 bits per heavy atom. The van der Waals surface area contributed by atoms with Crippen molar-refractivity contribution in [1.29, 1.82) is 0 Å². The van der Waals surface area contributed by atoms with Gasteiger partial charge < -0.3 is 14.9 Å². The van der Waals surface area contributed by atoms with E-state index in [2.05, 4.69) is 39.8 Å². The smallest absolute Gasteiger partial charge is 0.331 e. The van der Waals surface area contributed by atoms with Crippen LogP contribution < -0.4 is 0 Å². The molecule has 4 unspecified atom stereocenters. The number of carbonyl (C=O) groups excluding carboxylic acids is 3. The van der Waals surface area contributed by atoms with Crippen LogP contribution in [0.5, 0.6) is 0 Å². The molecule has 4 aliphatic rings. The summed E-state index contributed by atoms with van der Waals surface area (Å²) in [5, 5.41) is 23.4. The van der Waals surface area contributed by atoms with Crippen LogP contribution in [-0.2, 0) is 19.1 Å². The highest BCUT2D eigenvalue weighted by molar-refractivity contribution is 6.01. The number of rotatable bonds is 10. The number of fused-ring (bicyclic) bond motifs is 5. The summed E-state index contributed by atoms with van der Waals surface area (Å²) >= 11 is 0. The largest absolute Gasteiger partial charge is 0.454 e.